The average Bonchev–Trinajstić information content (AvgIpc) is 2.24. The van der Waals surface area contributed by atoms with Gasteiger partial charge in [0.05, 0.1) is 11.8 Å². The summed E-state index contributed by atoms with van der Waals surface area (Å²) in [6.07, 6.45) is 3.34. The minimum atomic E-state index is -0.521. The Hall–Kier alpha value is -1.06. The van der Waals surface area contributed by atoms with Crippen molar-refractivity contribution in [2.75, 3.05) is 0 Å². The van der Waals surface area contributed by atoms with Crippen LogP contribution in [0.3, 0.4) is 0 Å². The molecule has 116 valence electrons. The summed E-state index contributed by atoms with van der Waals surface area (Å²) in [6, 6.07) is 0. The molecule has 0 aliphatic heterocycles. The number of carbonyl (C=O) groups excluding carboxylic acids is 2. The Morgan fingerprint density at radius 2 is 1.05 bits per heavy atom. The fraction of sp³-hybridized carbons (Fsp3) is 0.875. The average molecular weight is 284 g/mol. The summed E-state index contributed by atoms with van der Waals surface area (Å²) in [6.45, 7) is 11.1. The van der Waals surface area contributed by atoms with Crippen LogP contribution in [0.15, 0.2) is 0 Å². The number of hydrogen-bond acceptors (Lipinski definition) is 4. The molecular weight excluding hydrogens is 256 g/mol. The van der Waals surface area contributed by atoms with Crippen LogP contribution in [-0.4, -0.2) is 23.1 Å². The van der Waals surface area contributed by atoms with E-state index < -0.39 is 11.2 Å². The third-order valence-electron chi connectivity index (χ3n) is 3.19. The second-order valence-corrected chi connectivity index (χ2v) is 7.56. The first-order valence-electron chi connectivity index (χ1n) is 7.45. The van der Waals surface area contributed by atoms with Crippen molar-refractivity contribution in [3.05, 3.63) is 0 Å². The lowest BCUT2D eigenvalue weighted by Gasteiger charge is -2.32. The minimum absolute atomic E-state index is 0.270. The van der Waals surface area contributed by atoms with Gasteiger partial charge < -0.3 is 9.47 Å². The summed E-state index contributed by atoms with van der Waals surface area (Å²) in [7, 11) is 0. The molecule has 4 nitrogen and oxygen atoms in total. The highest BCUT2D eigenvalue weighted by Crippen LogP contribution is 2.33. The molecule has 0 heterocycles. The quantitative estimate of drug-likeness (QED) is 0.728. The Morgan fingerprint density at radius 3 is 1.30 bits per heavy atom. The van der Waals surface area contributed by atoms with E-state index in [1.165, 1.54) is 0 Å². The van der Waals surface area contributed by atoms with Gasteiger partial charge in [-0.25, -0.2) is 0 Å². The van der Waals surface area contributed by atoms with E-state index in [0.29, 0.717) is 12.8 Å². The highest BCUT2D eigenvalue weighted by atomic mass is 16.6. The first-order valence-corrected chi connectivity index (χ1v) is 7.45. The van der Waals surface area contributed by atoms with Crippen LogP contribution in [0.5, 0.6) is 0 Å². The SMILES string of the molecule is CC(C)(C)OC(=O)[C@H]1CCCC[C@H]1C(=O)OC(C)(C)C. The molecule has 20 heavy (non-hydrogen) atoms. The van der Waals surface area contributed by atoms with Gasteiger partial charge >= 0.3 is 11.9 Å². The van der Waals surface area contributed by atoms with Crippen molar-refractivity contribution in [1.82, 2.24) is 0 Å². The van der Waals surface area contributed by atoms with Gasteiger partial charge in [0, 0.05) is 0 Å². The van der Waals surface area contributed by atoms with E-state index in [0.717, 1.165) is 12.8 Å². The molecule has 0 bridgehead atoms. The molecule has 0 radical (unpaired) electrons. The Balaban J connectivity index is 2.76. The van der Waals surface area contributed by atoms with Gasteiger partial charge in [-0.05, 0) is 54.4 Å². The third kappa shape index (κ3) is 5.51. The zero-order valence-electron chi connectivity index (χ0n) is 13.6. The van der Waals surface area contributed by atoms with Crippen molar-refractivity contribution < 1.29 is 19.1 Å². The lowest BCUT2D eigenvalue weighted by atomic mass is 9.79. The van der Waals surface area contributed by atoms with Crippen LogP contribution in [0, 0.1) is 11.8 Å². The number of carbonyl (C=O) groups is 2. The van der Waals surface area contributed by atoms with Gasteiger partial charge in [0.15, 0.2) is 0 Å². The molecule has 0 aromatic heterocycles. The highest BCUT2D eigenvalue weighted by Gasteiger charge is 2.40. The van der Waals surface area contributed by atoms with Gasteiger partial charge in [-0.2, -0.15) is 0 Å². The van der Waals surface area contributed by atoms with E-state index in [1.54, 1.807) is 0 Å². The monoisotopic (exact) mass is 284 g/mol. The fourth-order valence-corrected chi connectivity index (χ4v) is 2.45. The van der Waals surface area contributed by atoms with Crippen LogP contribution in [0.1, 0.15) is 67.2 Å². The van der Waals surface area contributed by atoms with Gasteiger partial charge in [-0.15, -0.1) is 0 Å². The van der Waals surface area contributed by atoms with Crippen LogP contribution < -0.4 is 0 Å². The fourth-order valence-electron chi connectivity index (χ4n) is 2.45. The van der Waals surface area contributed by atoms with Crippen molar-refractivity contribution in [3.63, 3.8) is 0 Å². The van der Waals surface area contributed by atoms with Gasteiger partial charge in [-0.1, -0.05) is 12.8 Å². The van der Waals surface area contributed by atoms with Crippen LogP contribution >= 0.6 is 0 Å². The van der Waals surface area contributed by atoms with Crippen LogP contribution in [-0.2, 0) is 19.1 Å². The number of ether oxygens (including phenoxy) is 2. The van der Waals surface area contributed by atoms with Gasteiger partial charge in [0.2, 0.25) is 0 Å². The Morgan fingerprint density at radius 1 is 0.750 bits per heavy atom. The van der Waals surface area contributed by atoms with Crippen molar-refractivity contribution in [3.8, 4) is 0 Å². The Kier molecular flexibility index (Phi) is 5.22. The number of esters is 2. The molecule has 0 amide bonds. The van der Waals surface area contributed by atoms with E-state index in [4.69, 9.17) is 9.47 Å². The maximum Gasteiger partial charge on any atom is 0.310 e. The van der Waals surface area contributed by atoms with Crippen molar-refractivity contribution in [2.45, 2.75) is 78.4 Å². The minimum Gasteiger partial charge on any atom is -0.460 e. The molecule has 4 heteroatoms. The predicted molar refractivity (Wildman–Crippen MR) is 77.1 cm³/mol. The first-order chi connectivity index (χ1) is 8.99. The standard InChI is InChI=1S/C16H28O4/c1-15(2,3)19-13(17)11-9-7-8-10-12(11)14(18)20-16(4,5)6/h11-12H,7-10H2,1-6H3/t11-,12+. The second kappa shape index (κ2) is 6.15. The highest BCUT2D eigenvalue weighted by molar-refractivity contribution is 5.82. The maximum atomic E-state index is 12.3. The van der Waals surface area contributed by atoms with Crippen LogP contribution in [0.2, 0.25) is 0 Å². The van der Waals surface area contributed by atoms with E-state index >= 15 is 0 Å². The molecule has 0 unspecified atom stereocenters. The van der Waals surface area contributed by atoms with Crippen LogP contribution in [0.25, 0.3) is 0 Å². The molecule has 1 saturated carbocycles. The van der Waals surface area contributed by atoms with E-state index in [-0.39, 0.29) is 23.8 Å². The molecule has 1 fully saturated rings. The van der Waals surface area contributed by atoms with Gasteiger partial charge in [-0.3, -0.25) is 9.59 Å². The van der Waals surface area contributed by atoms with Gasteiger partial charge in [0.25, 0.3) is 0 Å². The zero-order chi connectivity index (χ0) is 15.6. The Bertz CT molecular complexity index is 324. The molecule has 1 aliphatic carbocycles. The van der Waals surface area contributed by atoms with Crippen molar-refractivity contribution in [2.24, 2.45) is 11.8 Å². The zero-order valence-corrected chi connectivity index (χ0v) is 13.6. The van der Waals surface area contributed by atoms with E-state index in [9.17, 15) is 9.59 Å². The molecule has 2 atom stereocenters. The second-order valence-electron chi connectivity index (χ2n) is 7.56. The van der Waals surface area contributed by atoms with Crippen molar-refractivity contribution in [1.29, 1.82) is 0 Å². The molecule has 0 spiro atoms. The smallest absolute Gasteiger partial charge is 0.310 e. The van der Waals surface area contributed by atoms with Gasteiger partial charge in [0.1, 0.15) is 11.2 Å². The third-order valence-corrected chi connectivity index (χ3v) is 3.19. The number of rotatable bonds is 2. The molecule has 1 aliphatic rings. The molecule has 1 rings (SSSR count). The Labute approximate surface area is 122 Å². The summed E-state index contributed by atoms with van der Waals surface area (Å²) in [5, 5.41) is 0. The summed E-state index contributed by atoms with van der Waals surface area (Å²) >= 11 is 0. The summed E-state index contributed by atoms with van der Waals surface area (Å²) in [5.41, 5.74) is -1.04. The largest absolute Gasteiger partial charge is 0.460 e. The topological polar surface area (TPSA) is 52.6 Å². The normalized spacial score (nSPS) is 24.1. The molecular formula is C16H28O4. The van der Waals surface area contributed by atoms with E-state index in [1.807, 2.05) is 41.5 Å². The molecule has 0 aromatic rings. The van der Waals surface area contributed by atoms with E-state index in [2.05, 4.69) is 0 Å². The lowest BCUT2D eigenvalue weighted by molar-refractivity contribution is -0.175. The molecule has 0 N–H and O–H groups in total. The summed E-state index contributed by atoms with van der Waals surface area (Å²) in [4.78, 5) is 24.5. The molecule has 0 saturated heterocycles. The molecule has 0 aromatic carbocycles. The summed E-state index contributed by atoms with van der Waals surface area (Å²) < 4.78 is 10.9. The first kappa shape index (κ1) is 17.0. The predicted octanol–water partition coefficient (Wildman–Crippen LogP) is 3.48. The lowest BCUT2D eigenvalue weighted by Crippen LogP contribution is -2.40. The summed E-state index contributed by atoms with van der Waals surface area (Å²) in [5.74, 6) is -1.27. The van der Waals surface area contributed by atoms with Crippen molar-refractivity contribution >= 4 is 11.9 Å². The number of hydrogen-bond donors (Lipinski definition) is 0. The van der Waals surface area contributed by atoms with Crippen LogP contribution in [0.4, 0.5) is 0 Å². The maximum absolute atomic E-state index is 12.3.